The van der Waals surface area contributed by atoms with Crippen molar-refractivity contribution in [2.45, 2.75) is 49.9 Å². The summed E-state index contributed by atoms with van der Waals surface area (Å²) in [6, 6.07) is 20.8. The second-order valence-corrected chi connectivity index (χ2v) is 15.7. The fourth-order valence-corrected chi connectivity index (χ4v) is 9.56. The normalized spacial score (nSPS) is 16.4. The van der Waals surface area contributed by atoms with Gasteiger partial charge in [0.1, 0.15) is 0 Å². The third kappa shape index (κ3) is 7.00. The number of methoxy groups -OCH3 is 2. The molecule has 11 nitrogen and oxygen atoms in total. The number of anilines is 1. The number of hydrogen-bond donors (Lipinski definition) is 1. The maximum atomic E-state index is 14.4. The van der Waals surface area contributed by atoms with Gasteiger partial charge in [-0.05, 0) is 69.0 Å². The van der Waals surface area contributed by atoms with Gasteiger partial charge in [0.25, 0.3) is 21.8 Å². The zero-order valence-electron chi connectivity index (χ0n) is 29.0. The van der Waals surface area contributed by atoms with Crippen molar-refractivity contribution in [2.24, 2.45) is 0 Å². The maximum absolute atomic E-state index is 14.4. The number of benzene rings is 3. The highest BCUT2D eigenvalue weighted by molar-refractivity contribution is 7.91. The van der Waals surface area contributed by atoms with Crippen molar-refractivity contribution in [3.63, 3.8) is 0 Å². The number of nitrogens with zero attached hydrogens (tertiary/aromatic N) is 4. The number of hydrogen-bond acceptors (Lipinski definition) is 10. The Morgan fingerprint density at radius 1 is 0.880 bits per heavy atom. The molecule has 3 heterocycles. The van der Waals surface area contributed by atoms with Crippen LogP contribution < -0.4 is 19.1 Å². The van der Waals surface area contributed by atoms with E-state index in [1.165, 1.54) is 17.6 Å². The Labute approximate surface area is 297 Å². The Morgan fingerprint density at radius 3 is 2.26 bits per heavy atom. The number of carbonyl (C=O) groups is 2. The molecule has 0 bridgehead atoms. The third-order valence-electron chi connectivity index (χ3n) is 9.56. The first-order valence-corrected chi connectivity index (χ1v) is 19.0. The van der Waals surface area contributed by atoms with Gasteiger partial charge in [-0.1, -0.05) is 42.5 Å². The Balaban J connectivity index is 1.24. The van der Waals surface area contributed by atoms with Crippen LogP contribution in [0.1, 0.15) is 74.4 Å². The van der Waals surface area contributed by atoms with E-state index in [1.807, 2.05) is 24.3 Å². The predicted octanol–water partition coefficient (Wildman–Crippen LogP) is 5.76. The van der Waals surface area contributed by atoms with Crippen LogP contribution in [0.2, 0.25) is 0 Å². The highest BCUT2D eigenvalue weighted by atomic mass is 32.2. The highest BCUT2D eigenvalue weighted by Crippen LogP contribution is 2.41. The monoisotopic (exact) mass is 717 g/mol. The molecule has 1 fully saturated rings. The quantitative estimate of drug-likeness (QED) is 0.136. The van der Waals surface area contributed by atoms with Crippen molar-refractivity contribution in [2.75, 3.05) is 51.8 Å². The molecule has 2 aliphatic rings. The molecular weight excluding hydrogens is 675 g/mol. The molecule has 50 heavy (non-hydrogen) atoms. The van der Waals surface area contributed by atoms with Crippen molar-refractivity contribution < 1.29 is 27.5 Å². The van der Waals surface area contributed by atoms with E-state index in [0.717, 1.165) is 30.1 Å². The van der Waals surface area contributed by atoms with Crippen molar-refractivity contribution in [1.29, 1.82) is 0 Å². The van der Waals surface area contributed by atoms with Crippen molar-refractivity contribution in [3.8, 4) is 11.5 Å². The van der Waals surface area contributed by atoms with Gasteiger partial charge < -0.3 is 14.4 Å². The fourth-order valence-electron chi connectivity index (χ4n) is 6.96. The number of thiazole rings is 1. The average Bonchev–Trinajstić information content (AvgIpc) is 3.62. The summed E-state index contributed by atoms with van der Waals surface area (Å²) in [5.41, 5.74) is 3.93. The Morgan fingerprint density at radius 2 is 1.60 bits per heavy atom. The van der Waals surface area contributed by atoms with E-state index in [-0.39, 0.29) is 28.6 Å². The van der Waals surface area contributed by atoms with E-state index in [2.05, 4.69) is 50.7 Å². The molecule has 3 aromatic carbocycles. The van der Waals surface area contributed by atoms with Gasteiger partial charge in [0, 0.05) is 38.8 Å². The van der Waals surface area contributed by atoms with Crippen LogP contribution in [-0.2, 0) is 10.0 Å². The molecule has 0 unspecified atom stereocenters. The summed E-state index contributed by atoms with van der Waals surface area (Å²) in [4.78, 5) is 38.8. The fraction of sp³-hybridized carbons (Fsp3) is 0.378. The molecule has 1 saturated heterocycles. The van der Waals surface area contributed by atoms with Gasteiger partial charge in [-0.25, -0.2) is 18.1 Å². The van der Waals surface area contributed by atoms with E-state index in [9.17, 15) is 18.0 Å². The van der Waals surface area contributed by atoms with E-state index >= 15 is 0 Å². The number of amides is 2. The van der Waals surface area contributed by atoms with Crippen molar-refractivity contribution in [1.82, 2.24) is 19.5 Å². The number of sulfonamides is 1. The number of nitrogens with one attached hydrogen (secondary N) is 1. The number of piperazine rings is 1. The van der Waals surface area contributed by atoms with Gasteiger partial charge >= 0.3 is 0 Å². The molecule has 0 spiro atoms. The van der Waals surface area contributed by atoms with Crippen molar-refractivity contribution in [3.05, 3.63) is 99.7 Å². The second kappa shape index (κ2) is 14.9. The summed E-state index contributed by atoms with van der Waals surface area (Å²) in [6.45, 7) is 8.83. The lowest BCUT2D eigenvalue weighted by Crippen LogP contribution is -2.47. The van der Waals surface area contributed by atoms with Gasteiger partial charge in [-0.15, -0.1) is 11.3 Å². The summed E-state index contributed by atoms with van der Waals surface area (Å²) in [5.74, 6) is 0.242. The van der Waals surface area contributed by atoms with E-state index in [4.69, 9.17) is 9.47 Å². The SMILES string of the molecule is COc1ccc([C@@H](CCCNS(=O)(=O)c2sc(C)nc2C)N2C(=O)c3cccc(N4CCN([C@H](C)c5ccccc5)CC4)c3C2=O)cc1OC. The van der Waals surface area contributed by atoms with Gasteiger partial charge in [-0.2, -0.15) is 0 Å². The molecule has 4 aromatic rings. The molecule has 2 aliphatic heterocycles. The van der Waals surface area contributed by atoms with Crippen LogP contribution in [0.4, 0.5) is 5.69 Å². The smallest absolute Gasteiger partial charge is 0.264 e. The standard InChI is InChI=1S/C37H43N5O6S2/c1-24-37(49-26(3)39-24)50(45,46)38-18-10-15-30(28-16-17-32(47-4)33(23-28)48-5)42-35(43)29-13-9-14-31(34(29)36(42)44)41-21-19-40(20-22-41)25(2)27-11-7-6-8-12-27/h6-9,11-14,16-17,23,25,30,38H,10,15,18-22H2,1-5H3/t25-,30-/m1/s1. The number of fused-ring (bicyclic) bond motifs is 1. The predicted molar refractivity (Wildman–Crippen MR) is 194 cm³/mol. The lowest BCUT2D eigenvalue weighted by molar-refractivity contribution is 0.0572. The molecule has 1 aromatic heterocycles. The van der Waals surface area contributed by atoms with Crippen LogP contribution >= 0.6 is 11.3 Å². The summed E-state index contributed by atoms with van der Waals surface area (Å²) in [6.07, 6.45) is 0.673. The first-order chi connectivity index (χ1) is 24.0. The van der Waals surface area contributed by atoms with Crippen LogP contribution in [0.25, 0.3) is 0 Å². The van der Waals surface area contributed by atoms with Gasteiger partial charge in [0.15, 0.2) is 15.7 Å². The molecule has 264 valence electrons. The Kier molecular flexibility index (Phi) is 10.6. The van der Waals surface area contributed by atoms with Gasteiger partial charge in [0.05, 0.1) is 47.8 Å². The lowest BCUT2D eigenvalue weighted by atomic mass is 9.99. The summed E-state index contributed by atoms with van der Waals surface area (Å²) in [7, 11) is -0.693. The molecule has 2 amide bonds. The Bertz CT molecular complexity index is 1980. The molecule has 1 N–H and O–H groups in total. The number of rotatable bonds is 13. The summed E-state index contributed by atoms with van der Waals surface area (Å²) >= 11 is 1.13. The van der Waals surface area contributed by atoms with E-state index in [0.29, 0.717) is 64.8 Å². The number of ether oxygens (including phenoxy) is 2. The number of imide groups is 1. The minimum Gasteiger partial charge on any atom is -0.493 e. The van der Waals surface area contributed by atoms with Crippen molar-refractivity contribution >= 4 is 38.9 Å². The van der Waals surface area contributed by atoms with Crippen LogP contribution in [0, 0.1) is 13.8 Å². The first kappa shape index (κ1) is 35.5. The van der Waals surface area contributed by atoms with Gasteiger partial charge in [0.2, 0.25) is 0 Å². The first-order valence-electron chi connectivity index (χ1n) is 16.7. The average molecular weight is 718 g/mol. The minimum atomic E-state index is -3.77. The molecule has 0 saturated carbocycles. The molecular formula is C37H43N5O6S2. The van der Waals surface area contributed by atoms with Gasteiger partial charge in [-0.3, -0.25) is 19.4 Å². The number of aryl methyl sites for hydroxylation is 2. The molecule has 6 rings (SSSR count). The summed E-state index contributed by atoms with van der Waals surface area (Å²) < 4.78 is 40.0. The van der Waals surface area contributed by atoms with E-state index < -0.39 is 16.1 Å². The lowest BCUT2D eigenvalue weighted by Gasteiger charge is -2.39. The third-order valence-corrected chi connectivity index (χ3v) is 12.7. The molecule has 2 atom stereocenters. The van der Waals surface area contributed by atoms with Crippen LogP contribution in [0.3, 0.4) is 0 Å². The maximum Gasteiger partial charge on any atom is 0.264 e. The zero-order valence-corrected chi connectivity index (χ0v) is 30.6. The molecule has 0 aliphatic carbocycles. The summed E-state index contributed by atoms with van der Waals surface area (Å²) in [5, 5.41) is 0.671. The highest BCUT2D eigenvalue weighted by Gasteiger charge is 2.43. The molecule has 0 radical (unpaired) electrons. The Hall–Kier alpha value is -4.30. The zero-order chi connectivity index (χ0) is 35.6. The number of aromatic nitrogens is 1. The van der Waals surface area contributed by atoms with Crippen LogP contribution in [0.5, 0.6) is 11.5 Å². The molecule has 13 heteroatoms. The minimum absolute atomic E-state index is 0.114. The van der Waals surface area contributed by atoms with Crippen LogP contribution in [0.15, 0.2) is 70.9 Å². The van der Waals surface area contributed by atoms with Crippen LogP contribution in [-0.4, -0.2) is 82.0 Å². The number of carbonyl (C=O) groups excluding carboxylic acids is 2. The second-order valence-electron chi connectivity index (χ2n) is 12.6. The van der Waals surface area contributed by atoms with E-state index in [1.54, 1.807) is 39.2 Å². The largest absolute Gasteiger partial charge is 0.493 e. The topological polar surface area (TPSA) is 121 Å².